The number of carbonyl (C=O) groups excluding carboxylic acids is 1. The molecular formula is C13H18N2O2S. The monoisotopic (exact) mass is 266 g/mol. The molecule has 1 aromatic heterocycles. The van der Waals surface area contributed by atoms with Crippen molar-refractivity contribution in [2.45, 2.75) is 31.4 Å². The lowest BCUT2D eigenvalue weighted by atomic mass is 10.2. The quantitative estimate of drug-likeness (QED) is 0.856. The lowest BCUT2D eigenvalue weighted by Crippen LogP contribution is -2.43. The summed E-state index contributed by atoms with van der Waals surface area (Å²) in [5, 5.41) is 6.30. The van der Waals surface area contributed by atoms with Gasteiger partial charge in [0.2, 0.25) is 0 Å². The van der Waals surface area contributed by atoms with Crippen molar-refractivity contribution in [3.05, 3.63) is 21.4 Å². The molecule has 2 heterocycles. The summed E-state index contributed by atoms with van der Waals surface area (Å²) >= 11 is 1.65. The van der Waals surface area contributed by atoms with E-state index in [2.05, 4.69) is 16.7 Å². The summed E-state index contributed by atoms with van der Waals surface area (Å²) < 4.78 is 5.35. The Kier molecular flexibility index (Phi) is 3.37. The zero-order valence-corrected chi connectivity index (χ0v) is 11.3. The van der Waals surface area contributed by atoms with Crippen molar-refractivity contribution in [2.75, 3.05) is 20.2 Å². The van der Waals surface area contributed by atoms with Crippen LogP contribution in [0.2, 0.25) is 0 Å². The van der Waals surface area contributed by atoms with Crippen LogP contribution in [0.3, 0.4) is 0 Å². The van der Waals surface area contributed by atoms with Crippen LogP contribution in [0, 0.1) is 0 Å². The standard InChI is InChI=1S/C13H18N2O2S/c1-17-10-7-14-6-9(10)15-13(16)12-5-8-3-2-4-11(8)18-12/h5,9-10,14H,2-4,6-7H2,1H3,(H,15,16)/t9?,10-/m1/s1. The summed E-state index contributed by atoms with van der Waals surface area (Å²) in [7, 11) is 1.69. The fraction of sp³-hybridized carbons (Fsp3) is 0.615. The first-order chi connectivity index (χ1) is 8.78. The van der Waals surface area contributed by atoms with E-state index in [4.69, 9.17) is 4.74 Å². The van der Waals surface area contributed by atoms with Crippen molar-refractivity contribution in [2.24, 2.45) is 0 Å². The molecule has 18 heavy (non-hydrogen) atoms. The number of thiophene rings is 1. The Morgan fingerprint density at radius 2 is 2.39 bits per heavy atom. The smallest absolute Gasteiger partial charge is 0.261 e. The second kappa shape index (κ2) is 4.99. The van der Waals surface area contributed by atoms with Crippen molar-refractivity contribution in [3.8, 4) is 0 Å². The zero-order chi connectivity index (χ0) is 12.5. The average molecular weight is 266 g/mol. The van der Waals surface area contributed by atoms with E-state index in [1.165, 1.54) is 16.9 Å². The number of aryl methyl sites for hydroxylation is 2. The van der Waals surface area contributed by atoms with Crippen LogP contribution in [0.15, 0.2) is 6.07 Å². The highest BCUT2D eigenvalue weighted by molar-refractivity contribution is 7.14. The van der Waals surface area contributed by atoms with Crippen molar-refractivity contribution >= 4 is 17.2 Å². The minimum absolute atomic E-state index is 0.0464. The van der Waals surface area contributed by atoms with Crippen LogP contribution < -0.4 is 10.6 Å². The zero-order valence-electron chi connectivity index (χ0n) is 10.5. The third kappa shape index (κ3) is 2.18. The van der Waals surface area contributed by atoms with Crippen molar-refractivity contribution in [1.82, 2.24) is 10.6 Å². The Hall–Kier alpha value is -0.910. The van der Waals surface area contributed by atoms with Crippen molar-refractivity contribution < 1.29 is 9.53 Å². The highest BCUT2D eigenvalue weighted by Crippen LogP contribution is 2.30. The molecule has 1 aliphatic heterocycles. The number of hydrogen-bond donors (Lipinski definition) is 2. The summed E-state index contributed by atoms with van der Waals surface area (Å²) in [5.74, 6) is 0.0464. The Bertz CT molecular complexity index is 436. The van der Waals surface area contributed by atoms with E-state index in [0.717, 1.165) is 30.8 Å². The fourth-order valence-corrected chi connectivity index (χ4v) is 3.88. The Balaban J connectivity index is 1.67. The lowest BCUT2D eigenvalue weighted by molar-refractivity contribution is 0.0782. The van der Waals surface area contributed by atoms with E-state index in [1.54, 1.807) is 18.4 Å². The van der Waals surface area contributed by atoms with E-state index in [-0.39, 0.29) is 18.1 Å². The molecule has 1 unspecified atom stereocenters. The van der Waals surface area contributed by atoms with Gasteiger partial charge in [0.25, 0.3) is 5.91 Å². The molecule has 0 saturated carbocycles. The number of ether oxygens (including phenoxy) is 1. The predicted molar refractivity (Wildman–Crippen MR) is 71.3 cm³/mol. The molecule has 5 heteroatoms. The molecule has 0 aromatic carbocycles. The number of amides is 1. The first kappa shape index (κ1) is 12.1. The minimum Gasteiger partial charge on any atom is -0.378 e. The minimum atomic E-state index is 0.0464. The molecule has 4 nitrogen and oxygen atoms in total. The lowest BCUT2D eigenvalue weighted by Gasteiger charge is -2.17. The number of rotatable bonds is 3. The first-order valence-corrected chi connectivity index (χ1v) is 7.25. The summed E-state index contributed by atoms with van der Waals surface area (Å²) in [6, 6.07) is 2.14. The second-order valence-electron chi connectivity index (χ2n) is 4.92. The van der Waals surface area contributed by atoms with Crippen LogP contribution >= 0.6 is 11.3 Å². The Labute approximate surface area is 111 Å². The SMILES string of the molecule is CO[C@@H]1CNCC1NC(=O)c1cc2c(s1)CCC2. The van der Waals surface area contributed by atoms with Gasteiger partial charge in [0.15, 0.2) is 0 Å². The van der Waals surface area contributed by atoms with Gasteiger partial charge < -0.3 is 15.4 Å². The maximum absolute atomic E-state index is 12.2. The molecule has 1 amide bonds. The summed E-state index contributed by atoms with van der Waals surface area (Å²) in [6.45, 7) is 1.59. The Morgan fingerprint density at radius 3 is 3.17 bits per heavy atom. The highest BCUT2D eigenvalue weighted by Gasteiger charge is 2.29. The van der Waals surface area contributed by atoms with E-state index >= 15 is 0 Å². The molecule has 2 atom stereocenters. The van der Waals surface area contributed by atoms with Gasteiger partial charge in [-0.2, -0.15) is 0 Å². The van der Waals surface area contributed by atoms with Crippen LogP contribution in [-0.2, 0) is 17.6 Å². The molecule has 98 valence electrons. The van der Waals surface area contributed by atoms with E-state index < -0.39 is 0 Å². The fourth-order valence-electron chi connectivity index (χ4n) is 2.73. The predicted octanol–water partition coefficient (Wildman–Crippen LogP) is 0.953. The third-order valence-electron chi connectivity index (χ3n) is 3.75. The molecule has 3 rings (SSSR count). The van der Waals surface area contributed by atoms with E-state index in [0.29, 0.717) is 0 Å². The molecule has 2 aliphatic rings. The third-order valence-corrected chi connectivity index (χ3v) is 4.98. The average Bonchev–Trinajstić information content (AvgIpc) is 3.02. The molecule has 0 spiro atoms. The van der Waals surface area contributed by atoms with Gasteiger partial charge in [0.05, 0.1) is 17.0 Å². The highest BCUT2D eigenvalue weighted by atomic mass is 32.1. The van der Waals surface area contributed by atoms with Gasteiger partial charge in [0.1, 0.15) is 0 Å². The molecule has 1 saturated heterocycles. The van der Waals surface area contributed by atoms with Gasteiger partial charge in [-0.25, -0.2) is 0 Å². The van der Waals surface area contributed by atoms with Crippen molar-refractivity contribution in [3.63, 3.8) is 0 Å². The van der Waals surface area contributed by atoms with Crippen LogP contribution in [0.25, 0.3) is 0 Å². The van der Waals surface area contributed by atoms with Crippen LogP contribution in [0.5, 0.6) is 0 Å². The molecule has 0 radical (unpaired) electrons. The van der Waals surface area contributed by atoms with Gasteiger partial charge in [-0.05, 0) is 30.9 Å². The van der Waals surface area contributed by atoms with E-state index in [1.807, 2.05) is 0 Å². The number of methoxy groups -OCH3 is 1. The first-order valence-electron chi connectivity index (χ1n) is 6.44. The van der Waals surface area contributed by atoms with Gasteiger partial charge in [-0.15, -0.1) is 11.3 Å². The van der Waals surface area contributed by atoms with Crippen LogP contribution in [0.1, 0.15) is 26.5 Å². The molecule has 1 aromatic rings. The van der Waals surface area contributed by atoms with Gasteiger partial charge in [-0.3, -0.25) is 4.79 Å². The van der Waals surface area contributed by atoms with Crippen molar-refractivity contribution in [1.29, 1.82) is 0 Å². The Morgan fingerprint density at radius 1 is 1.50 bits per heavy atom. The summed E-state index contributed by atoms with van der Waals surface area (Å²) in [6.07, 6.45) is 3.59. The number of hydrogen-bond acceptors (Lipinski definition) is 4. The number of fused-ring (bicyclic) bond motifs is 1. The number of nitrogens with one attached hydrogen (secondary N) is 2. The second-order valence-corrected chi connectivity index (χ2v) is 6.06. The van der Waals surface area contributed by atoms with Gasteiger partial charge in [0, 0.05) is 25.1 Å². The van der Waals surface area contributed by atoms with Gasteiger partial charge >= 0.3 is 0 Å². The maximum Gasteiger partial charge on any atom is 0.261 e. The van der Waals surface area contributed by atoms with Crippen LogP contribution in [-0.4, -0.2) is 38.3 Å². The number of carbonyl (C=O) groups is 1. The van der Waals surface area contributed by atoms with Gasteiger partial charge in [-0.1, -0.05) is 0 Å². The normalized spacial score (nSPS) is 26.3. The largest absolute Gasteiger partial charge is 0.378 e. The summed E-state index contributed by atoms with van der Waals surface area (Å²) in [5.41, 5.74) is 1.37. The molecule has 1 fully saturated rings. The molecular weight excluding hydrogens is 248 g/mol. The molecule has 0 bridgehead atoms. The molecule has 2 N–H and O–H groups in total. The molecule has 1 aliphatic carbocycles. The van der Waals surface area contributed by atoms with Crippen LogP contribution in [0.4, 0.5) is 0 Å². The maximum atomic E-state index is 12.2. The summed E-state index contributed by atoms with van der Waals surface area (Å²) in [4.78, 5) is 14.4. The topological polar surface area (TPSA) is 50.4 Å². The van der Waals surface area contributed by atoms with E-state index in [9.17, 15) is 4.79 Å².